The Bertz CT molecular complexity index is 576. The number of carbonyl (C=O) groups excluding carboxylic acids is 1. The standard InChI is InChI=1S/C14H15N3O3/c18-13(5-7-17-8-6-15-10-17)16-9-11-1-3-12(4-2-11)14(19)20/h1-4,6,8,10H,5,7,9H2,(H,16,18)(H,19,20). The number of amides is 1. The third-order valence-electron chi connectivity index (χ3n) is 2.85. The Morgan fingerprint density at radius 1 is 1.25 bits per heavy atom. The highest BCUT2D eigenvalue weighted by atomic mass is 16.4. The Balaban J connectivity index is 1.76. The first kappa shape index (κ1) is 13.8. The molecule has 6 nitrogen and oxygen atoms in total. The first-order valence-corrected chi connectivity index (χ1v) is 6.20. The summed E-state index contributed by atoms with van der Waals surface area (Å²) in [4.78, 5) is 26.2. The van der Waals surface area contributed by atoms with Gasteiger partial charge in [0, 0.05) is 31.9 Å². The van der Waals surface area contributed by atoms with E-state index < -0.39 is 5.97 Å². The number of nitrogens with zero attached hydrogens (tertiary/aromatic N) is 2. The molecule has 104 valence electrons. The number of aromatic carboxylic acids is 1. The van der Waals surface area contributed by atoms with Crippen LogP contribution in [-0.2, 0) is 17.9 Å². The van der Waals surface area contributed by atoms with E-state index in [1.807, 2.05) is 4.57 Å². The lowest BCUT2D eigenvalue weighted by atomic mass is 10.1. The average molecular weight is 273 g/mol. The molecule has 0 aliphatic rings. The highest BCUT2D eigenvalue weighted by Gasteiger charge is 2.04. The highest BCUT2D eigenvalue weighted by molar-refractivity contribution is 5.87. The van der Waals surface area contributed by atoms with Gasteiger partial charge in [-0.15, -0.1) is 0 Å². The zero-order chi connectivity index (χ0) is 14.4. The molecule has 1 aromatic carbocycles. The molecule has 0 saturated carbocycles. The normalized spacial score (nSPS) is 10.2. The SMILES string of the molecule is O=C(CCn1ccnc1)NCc1ccc(C(=O)O)cc1. The van der Waals surface area contributed by atoms with Crippen LogP contribution in [0.15, 0.2) is 43.0 Å². The molecular formula is C14H15N3O3. The van der Waals surface area contributed by atoms with Gasteiger partial charge in [-0.05, 0) is 17.7 Å². The number of rotatable bonds is 6. The second kappa shape index (κ2) is 6.51. The van der Waals surface area contributed by atoms with Gasteiger partial charge >= 0.3 is 5.97 Å². The van der Waals surface area contributed by atoms with E-state index in [1.54, 1.807) is 30.9 Å². The quantitative estimate of drug-likeness (QED) is 0.830. The van der Waals surface area contributed by atoms with Crippen LogP contribution in [0.25, 0.3) is 0 Å². The molecule has 0 aliphatic carbocycles. The van der Waals surface area contributed by atoms with Crippen molar-refractivity contribution in [2.45, 2.75) is 19.5 Å². The molecule has 0 atom stereocenters. The summed E-state index contributed by atoms with van der Waals surface area (Å²) in [6.07, 6.45) is 5.52. The zero-order valence-corrected chi connectivity index (χ0v) is 10.8. The van der Waals surface area contributed by atoms with E-state index in [9.17, 15) is 9.59 Å². The average Bonchev–Trinajstić information content (AvgIpc) is 2.96. The van der Waals surface area contributed by atoms with Crippen molar-refractivity contribution < 1.29 is 14.7 Å². The number of nitrogens with one attached hydrogen (secondary N) is 1. The molecule has 0 bridgehead atoms. The Morgan fingerprint density at radius 3 is 2.60 bits per heavy atom. The van der Waals surface area contributed by atoms with Gasteiger partial charge < -0.3 is 15.0 Å². The summed E-state index contributed by atoms with van der Waals surface area (Å²) in [6, 6.07) is 6.43. The van der Waals surface area contributed by atoms with E-state index >= 15 is 0 Å². The summed E-state index contributed by atoms with van der Waals surface area (Å²) in [6.45, 7) is 0.979. The number of aromatic nitrogens is 2. The number of aryl methyl sites for hydroxylation is 1. The minimum Gasteiger partial charge on any atom is -0.478 e. The number of carboxylic acids is 1. The van der Waals surface area contributed by atoms with Crippen molar-refractivity contribution in [1.29, 1.82) is 0 Å². The lowest BCUT2D eigenvalue weighted by Gasteiger charge is -2.06. The van der Waals surface area contributed by atoms with Crippen LogP contribution in [0.2, 0.25) is 0 Å². The fourth-order valence-corrected chi connectivity index (χ4v) is 1.70. The van der Waals surface area contributed by atoms with Crippen LogP contribution in [0.3, 0.4) is 0 Å². The van der Waals surface area contributed by atoms with E-state index in [1.165, 1.54) is 12.1 Å². The first-order valence-electron chi connectivity index (χ1n) is 6.20. The molecule has 1 aromatic heterocycles. The summed E-state index contributed by atoms with van der Waals surface area (Å²) >= 11 is 0. The van der Waals surface area contributed by atoms with Gasteiger partial charge in [0.2, 0.25) is 5.91 Å². The third-order valence-corrected chi connectivity index (χ3v) is 2.85. The zero-order valence-electron chi connectivity index (χ0n) is 10.8. The monoisotopic (exact) mass is 273 g/mol. The van der Waals surface area contributed by atoms with Crippen LogP contribution in [0.1, 0.15) is 22.3 Å². The van der Waals surface area contributed by atoms with Crippen molar-refractivity contribution >= 4 is 11.9 Å². The number of carbonyl (C=O) groups is 2. The van der Waals surface area contributed by atoms with Crippen LogP contribution in [0.4, 0.5) is 0 Å². The minimum absolute atomic E-state index is 0.0546. The maximum Gasteiger partial charge on any atom is 0.335 e. The highest BCUT2D eigenvalue weighted by Crippen LogP contribution is 2.04. The summed E-state index contributed by atoms with van der Waals surface area (Å²) in [5.41, 5.74) is 1.10. The van der Waals surface area contributed by atoms with Crippen LogP contribution in [-0.4, -0.2) is 26.5 Å². The van der Waals surface area contributed by atoms with Crippen molar-refractivity contribution in [3.8, 4) is 0 Å². The van der Waals surface area contributed by atoms with E-state index in [4.69, 9.17) is 5.11 Å². The van der Waals surface area contributed by atoms with Gasteiger partial charge in [-0.25, -0.2) is 9.78 Å². The minimum atomic E-state index is -0.957. The van der Waals surface area contributed by atoms with E-state index in [-0.39, 0.29) is 11.5 Å². The fourth-order valence-electron chi connectivity index (χ4n) is 1.70. The van der Waals surface area contributed by atoms with Crippen LogP contribution in [0.5, 0.6) is 0 Å². The van der Waals surface area contributed by atoms with Gasteiger partial charge in [0.1, 0.15) is 0 Å². The summed E-state index contributed by atoms with van der Waals surface area (Å²) in [5, 5.41) is 11.6. The van der Waals surface area contributed by atoms with Crippen LogP contribution in [0, 0.1) is 0 Å². The molecule has 20 heavy (non-hydrogen) atoms. The number of benzene rings is 1. The van der Waals surface area contributed by atoms with Gasteiger partial charge in [0.15, 0.2) is 0 Å². The predicted molar refractivity (Wildman–Crippen MR) is 72.1 cm³/mol. The van der Waals surface area contributed by atoms with Crippen molar-refractivity contribution in [3.05, 3.63) is 54.1 Å². The van der Waals surface area contributed by atoms with E-state index in [0.29, 0.717) is 19.5 Å². The Hall–Kier alpha value is -2.63. The number of carboxylic acid groups (broad SMARTS) is 1. The van der Waals surface area contributed by atoms with E-state index in [2.05, 4.69) is 10.3 Å². The Morgan fingerprint density at radius 2 is 2.00 bits per heavy atom. The summed E-state index contributed by atoms with van der Waals surface area (Å²) < 4.78 is 1.83. The molecule has 0 spiro atoms. The van der Waals surface area contributed by atoms with E-state index in [0.717, 1.165) is 5.56 Å². The van der Waals surface area contributed by atoms with Crippen molar-refractivity contribution in [1.82, 2.24) is 14.9 Å². The van der Waals surface area contributed by atoms with Gasteiger partial charge in [0.25, 0.3) is 0 Å². The topological polar surface area (TPSA) is 84.2 Å². The molecule has 2 N–H and O–H groups in total. The largest absolute Gasteiger partial charge is 0.478 e. The predicted octanol–water partition coefficient (Wildman–Crippen LogP) is 1.29. The molecule has 2 rings (SSSR count). The third kappa shape index (κ3) is 3.94. The number of imidazole rings is 1. The van der Waals surface area contributed by atoms with Crippen molar-refractivity contribution in [2.24, 2.45) is 0 Å². The van der Waals surface area contributed by atoms with Crippen LogP contribution < -0.4 is 5.32 Å². The molecule has 1 heterocycles. The molecule has 2 aromatic rings. The second-order valence-electron chi connectivity index (χ2n) is 4.33. The first-order chi connectivity index (χ1) is 9.65. The van der Waals surface area contributed by atoms with Gasteiger partial charge in [0.05, 0.1) is 11.9 Å². The number of hydrogen-bond donors (Lipinski definition) is 2. The molecule has 1 amide bonds. The molecular weight excluding hydrogens is 258 g/mol. The van der Waals surface area contributed by atoms with Gasteiger partial charge in [-0.2, -0.15) is 0 Å². The molecule has 0 saturated heterocycles. The molecule has 6 heteroatoms. The summed E-state index contributed by atoms with van der Waals surface area (Å²) in [7, 11) is 0. The second-order valence-corrected chi connectivity index (χ2v) is 4.33. The van der Waals surface area contributed by atoms with Crippen molar-refractivity contribution in [3.63, 3.8) is 0 Å². The lowest BCUT2D eigenvalue weighted by molar-refractivity contribution is -0.121. The lowest BCUT2D eigenvalue weighted by Crippen LogP contribution is -2.23. The Kier molecular flexibility index (Phi) is 4.49. The smallest absolute Gasteiger partial charge is 0.335 e. The molecule has 0 aliphatic heterocycles. The molecule has 0 radical (unpaired) electrons. The van der Waals surface area contributed by atoms with Gasteiger partial charge in [-0.1, -0.05) is 12.1 Å². The number of hydrogen-bond acceptors (Lipinski definition) is 3. The van der Waals surface area contributed by atoms with Crippen LogP contribution >= 0.6 is 0 Å². The van der Waals surface area contributed by atoms with Crippen molar-refractivity contribution in [2.75, 3.05) is 0 Å². The Labute approximate surface area is 116 Å². The molecule has 0 unspecified atom stereocenters. The fraction of sp³-hybridized carbons (Fsp3) is 0.214. The molecule has 0 fully saturated rings. The summed E-state index contributed by atoms with van der Waals surface area (Å²) in [5.74, 6) is -1.01. The maximum atomic E-state index is 11.6. The maximum absolute atomic E-state index is 11.6. The van der Waals surface area contributed by atoms with Gasteiger partial charge in [-0.3, -0.25) is 4.79 Å².